The quantitative estimate of drug-likeness (QED) is 0.255. The summed E-state index contributed by atoms with van der Waals surface area (Å²) in [5.41, 5.74) is 8.49. The van der Waals surface area contributed by atoms with Crippen LogP contribution in [0.5, 0.6) is 0 Å². The Morgan fingerprint density at radius 2 is 1.48 bits per heavy atom. The van der Waals surface area contributed by atoms with Crippen LogP contribution in [-0.4, -0.2) is 36.4 Å². The Balaban J connectivity index is 0.000000210. The number of carboxylic acids is 1. The zero-order valence-corrected chi connectivity index (χ0v) is 22.2. The number of carbonyl (C=O) groups excluding carboxylic acids is 1. The van der Waals surface area contributed by atoms with Crippen LogP contribution in [0.15, 0.2) is 126 Å². The summed E-state index contributed by atoms with van der Waals surface area (Å²) in [5, 5.41) is 10.6. The number of pyridine rings is 1. The third kappa shape index (κ3) is 6.96. The molecule has 0 unspecified atom stereocenters. The standard InChI is InChI=1S/C18H16N2O4S.C13H11NO/c21-18(22)16(11-13-5-2-1-3-6-13)20-25(23,24)17-8-4-7-14-12-19-10-9-15(14)17;14-13(15)12-9-5-4-8-11(12)10-6-2-1-3-7-10/h1-10,12,16,20H,11H2,(H,21,22);1-9H,(H2,14,15)/t16-;/m0./s1. The Morgan fingerprint density at radius 3 is 2.15 bits per heavy atom. The molecule has 1 atom stereocenters. The van der Waals surface area contributed by atoms with Gasteiger partial charge in [-0.2, -0.15) is 4.72 Å². The van der Waals surface area contributed by atoms with Gasteiger partial charge < -0.3 is 10.8 Å². The molecule has 0 aliphatic carbocycles. The summed E-state index contributed by atoms with van der Waals surface area (Å²) in [4.78, 5) is 26.8. The monoisotopic (exact) mass is 553 g/mol. The number of hydrogen-bond donors (Lipinski definition) is 3. The minimum absolute atomic E-state index is 0.0340. The number of hydrogen-bond acceptors (Lipinski definition) is 5. The highest BCUT2D eigenvalue weighted by Crippen LogP contribution is 2.23. The van der Waals surface area contributed by atoms with Gasteiger partial charge in [0.15, 0.2) is 0 Å². The maximum Gasteiger partial charge on any atom is 0.322 e. The van der Waals surface area contributed by atoms with Crippen LogP contribution in [0.25, 0.3) is 21.9 Å². The van der Waals surface area contributed by atoms with E-state index in [2.05, 4.69) is 9.71 Å². The average Bonchev–Trinajstić information content (AvgIpc) is 2.97. The second-order valence-electron chi connectivity index (χ2n) is 8.83. The van der Waals surface area contributed by atoms with Crippen molar-refractivity contribution >= 4 is 32.7 Å². The molecule has 0 bridgehead atoms. The Morgan fingerprint density at radius 1 is 0.825 bits per heavy atom. The van der Waals surface area contributed by atoms with E-state index in [9.17, 15) is 23.1 Å². The second kappa shape index (κ2) is 12.8. The molecule has 4 N–H and O–H groups in total. The molecular formula is C31H27N3O5S. The SMILES string of the molecule is NC(=O)c1ccccc1-c1ccccc1.O=C(O)[C@H](Cc1ccccc1)NS(=O)(=O)c1cccc2cnccc12. The first kappa shape index (κ1) is 28.2. The van der Waals surface area contributed by atoms with E-state index < -0.39 is 27.9 Å². The predicted molar refractivity (Wildman–Crippen MR) is 154 cm³/mol. The van der Waals surface area contributed by atoms with Crippen LogP contribution < -0.4 is 10.5 Å². The lowest BCUT2D eigenvalue weighted by atomic mass is 9.99. The van der Waals surface area contributed by atoms with Gasteiger partial charge in [0.05, 0.1) is 4.90 Å². The molecule has 9 heteroatoms. The summed E-state index contributed by atoms with van der Waals surface area (Å²) in [6.07, 6.45) is 3.12. The number of aromatic nitrogens is 1. The number of aliphatic carboxylic acids is 1. The first-order valence-electron chi connectivity index (χ1n) is 12.3. The maximum absolute atomic E-state index is 12.8. The molecule has 202 valence electrons. The lowest BCUT2D eigenvalue weighted by Gasteiger charge is -2.16. The smallest absolute Gasteiger partial charge is 0.322 e. The average molecular weight is 554 g/mol. The number of amides is 1. The number of nitrogens with one attached hydrogen (secondary N) is 1. The van der Waals surface area contributed by atoms with Crippen LogP contribution in [-0.2, 0) is 21.2 Å². The van der Waals surface area contributed by atoms with Gasteiger partial charge in [-0.1, -0.05) is 91.0 Å². The van der Waals surface area contributed by atoms with Crippen LogP contribution in [0.3, 0.4) is 0 Å². The van der Waals surface area contributed by atoms with E-state index >= 15 is 0 Å². The molecule has 0 aliphatic rings. The molecule has 0 fully saturated rings. The van der Waals surface area contributed by atoms with E-state index in [1.54, 1.807) is 54.7 Å². The summed E-state index contributed by atoms with van der Waals surface area (Å²) in [6, 6.07) is 31.1. The molecule has 8 nitrogen and oxygen atoms in total. The normalized spacial score (nSPS) is 11.7. The zero-order chi connectivity index (χ0) is 28.5. The third-order valence-electron chi connectivity index (χ3n) is 6.09. The summed E-state index contributed by atoms with van der Waals surface area (Å²) >= 11 is 0. The number of nitrogens with zero attached hydrogens (tertiary/aromatic N) is 1. The Bertz CT molecular complexity index is 1720. The molecule has 5 rings (SSSR count). The number of sulfonamides is 1. The van der Waals surface area contributed by atoms with Crippen molar-refractivity contribution in [2.75, 3.05) is 0 Å². The highest BCUT2D eigenvalue weighted by atomic mass is 32.2. The molecule has 1 heterocycles. The van der Waals surface area contributed by atoms with Crippen molar-refractivity contribution < 1.29 is 23.1 Å². The minimum atomic E-state index is -4.01. The third-order valence-corrected chi connectivity index (χ3v) is 7.62. The molecule has 1 aromatic heterocycles. The summed E-state index contributed by atoms with van der Waals surface area (Å²) in [7, 11) is -4.01. The van der Waals surface area contributed by atoms with Gasteiger partial charge in [0, 0.05) is 28.7 Å². The van der Waals surface area contributed by atoms with Gasteiger partial charge in [0.2, 0.25) is 15.9 Å². The Hall–Kier alpha value is -4.86. The number of carboxylic acid groups (broad SMARTS) is 1. The molecule has 0 saturated heterocycles. The highest BCUT2D eigenvalue weighted by Gasteiger charge is 2.26. The fourth-order valence-corrected chi connectivity index (χ4v) is 5.59. The topological polar surface area (TPSA) is 139 Å². The molecular weight excluding hydrogens is 526 g/mol. The van der Waals surface area contributed by atoms with Gasteiger partial charge in [0.1, 0.15) is 6.04 Å². The summed E-state index contributed by atoms with van der Waals surface area (Å²) in [6.45, 7) is 0. The maximum atomic E-state index is 12.8. The van der Waals surface area contributed by atoms with E-state index in [0.29, 0.717) is 16.3 Å². The van der Waals surface area contributed by atoms with Crippen molar-refractivity contribution in [3.8, 4) is 11.1 Å². The fraction of sp³-hybridized carbons (Fsp3) is 0.0645. The second-order valence-corrected chi connectivity index (χ2v) is 10.5. The Kier molecular flexibility index (Phi) is 9.00. The molecule has 0 radical (unpaired) electrons. The molecule has 0 spiro atoms. The molecule has 4 aromatic carbocycles. The fourth-order valence-electron chi connectivity index (χ4n) is 4.17. The van der Waals surface area contributed by atoms with Crippen molar-refractivity contribution in [1.29, 1.82) is 0 Å². The minimum Gasteiger partial charge on any atom is -0.480 e. The van der Waals surface area contributed by atoms with Crippen molar-refractivity contribution in [2.45, 2.75) is 17.4 Å². The number of fused-ring (bicyclic) bond motifs is 1. The van der Waals surface area contributed by atoms with Crippen LogP contribution in [0.1, 0.15) is 15.9 Å². The van der Waals surface area contributed by atoms with E-state index in [0.717, 1.165) is 16.7 Å². The van der Waals surface area contributed by atoms with Crippen molar-refractivity contribution in [3.63, 3.8) is 0 Å². The van der Waals surface area contributed by atoms with Crippen LogP contribution in [0.4, 0.5) is 0 Å². The predicted octanol–water partition coefficient (Wildman–Crippen LogP) is 4.66. The van der Waals surface area contributed by atoms with Crippen molar-refractivity contribution in [3.05, 3.63) is 133 Å². The van der Waals surface area contributed by atoms with Crippen LogP contribution in [0.2, 0.25) is 0 Å². The van der Waals surface area contributed by atoms with Crippen molar-refractivity contribution in [2.24, 2.45) is 5.73 Å². The van der Waals surface area contributed by atoms with Gasteiger partial charge in [-0.05, 0) is 41.3 Å². The number of primary amides is 1. The number of rotatable bonds is 8. The van der Waals surface area contributed by atoms with Gasteiger partial charge in [0.25, 0.3) is 0 Å². The Labute approximate surface area is 232 Å². The number of benzene rings is 4. The van der Waals surface area contributed by atoms with Crippen molar-refractivity contribution in [1.82, 2.24) is 9.71 Å². The highest BCUT2D eigenvalue weighted by molar-refractivity contribution is 7.89. The van der Waals surface area contributed by atoms with E-state index in [1.165, 1.54) is 12.3 Å². The molecule has 5 aromatic rings. The van der Waals surface area contributed by atoms with Gasteiger partial charge in [-0.15, -0.1) is 0 Å². The van der Waals surface area contributed by atoms with E-state index in [4.69, 9.17) is 5.73 Å². The first-order valence-corrected chi connectivity index (χ1v) is 13.8. The lowest BCUT2D eigenvalue weighted by molar-refractivity contribution is -0.138. The van der Waals surface area contributed by atoms with E-state index in [1.807, 2.05) is 54.6 Å². The first-order chi connectivity index (χ1) is 19.3. The molecule has 1 amide bonds. The van der Waals surface area contributed by atoms with E-state index in [-0.39, 0.29) is 11.3 Å². The summed E-state index contributed by atoms with van der Waals surface area (Å²) in [5.74, 6) is -1.62. The van der Waals surface area contributed by atoms with Gasteiger partial charge >= 0.3 is 5.97 Å². The number of carbonyl (C=O) groups is 2. The van der Waals surface area contributed by atoms with Gasteiger partial charge in [-0.25, -0.2) is 8.42 Å². The van der Waals surface area contributed by atoms with Crippen LogP contribution >= 0.6 is 0 Å². The largest absolute Gasteiger partial charge is 0.480 e. The number of nitrogens with two attached hydrogens (primary N) is 1. The molecule has 0 saturated carbocycles. The van der Waals surface area contributed by atoms with Crippen LogP contribution in [0, 0.1) is 0 Å². The molecule has 0 aliphatic heterocycles. The van der Waals surface area contributed by atoms with Gasteiger partial charge in [-0.3, -0.25) is 14.6 Å². The molecule has 40 heavy (non-hydrogen) atoms. The lowest BCUT2D eigenvalue weighted by Crippen LogP contribution is -2.42. The summed E-state index contributed by atoms with van der Waals surface area (Å²) < 4.78 is 27.8. The zero-order valence-electron chi connectivity index (χ0n) is 21.3.